The molecule has 126 valence electrons. The largest absolute Gasteiger partial charge is 0.492 e. The van der Waals surface area contributed by atoms with E-state index in [0.29, 0.717) is 10.7 Å². The summed E-state index contributed by atoms with van der Waals surface area (Å²) in [6.07, 6.45) is 0. The molecule has 0 radical (unpaired) electrons. The Hall–Kier alpha value is -2.52. The molecule has 0 aliphatic carbocycles. The summed E-state index contributed by atoms with van der Waals surface area (Å²) in [5.74, 6) is -1.49. The first-order valence-corrected chi connectivity index (χ1v) is 8.00. The van der Waals surface area contributed by atoms with Crippen LogP contribution in [0.25, 0.3) is 0 Å². The van der Waals surface area contributed by atoms with Gasteiger partial charge in [-0.2, -0.15) is 4.98 Å². The van der Waals surface area contributed by atoms with Gasteiger partial charge in [0.05, 0.1) is 5.75 Å². The highest BCUT2D eigenvalue weighted by atomic mass is 35.5. The molecule has 0 atom stereocenters. The van der Waals surface area contributed by atoms with Gasteiger partial charge >= 0.3 is 0 Å². The Morgan fingerprint density at radius 2 is 1.96 bits per heavy atom. The first-order valence-electron chi connectivity index (χ1n) is 6.64. The highest BCUT2D eigenvalue weighted by Crippen LogP contribution is 2.20. The number of halogens is 1. The molecule has 0 aliphatic heterocycles. The standard InChI is InChI=1S/C14H13ClN4O4S/c1-7(20)16-11-12(22)18-14(19-13(11)23)24-6-10(21)17-9-4-2-8(15)3-5-9/h2-5H,6H2,1H3,(H,16,20)(H,17,21)(H2,18,19,22,23). The number of aromatic nitrogens is 2. The van der Waals surface area contributed by atoms with Gasteiger partial charge in [-0.05, 0) is 24.3 Å². The summed E-state index contributed by atoms with van der Waals surface area (Å²) in [4.78, 5) is 40.7. The minimum absolute atomic E-state index is 0.0372. The van der Waals surface area contributed by atoms with E-state index in [1.54, 1.807) is 24.3 Å². The average molecular weight is 369 g/mol. The Morgan fingerprint density at radius 3 is 2.54 bits per heavy atom. The van der Waals surface area contributed by atoms with E-state index in [-0.39, 0.29) is 22.5 Å². The summed E-state index contributed by atoms with van der Waals surface area (Å²) >= 11 is 6.68. The number of thioether (sulfide) groups is 1. The van der Waals surface area contributed by atoms with Crippen molar-refractivity contribution >= 4 is 46.6 Å². The van der Waals surface area contributed by atoms with Gasteiger partial charge in [-0.15, -0.1) is 0 Å². The van der Waals surface area contributed by atoms with Crippen LogP contribution in [0.1, 0.15) is 6.92 Å². The number of carbonyl (C=O) groups is 2. The number of carbonyl (C=O) groups excluding carboxylic acids is 2. The van der Waals surface area contributed by atoms with Crippen LogP contribution in [0.5, 0.6) is 5.88 Å². The zero-order valence-corrected chi connectivity index (χ0v) is 14.0. The molecule has 10 heteroatoms. The van der Waals surface area contributed by atoms with Gasteiger partial charge in [0, 0.05) is 17.6 Å². The van der Waals surface area contributed by atoms with E-state index < -0.39 is 17.3 Å². The Kier molecular flexibility index (Phi) is 5.83. The van der Waals surface area contributed by atoms with Gasteiger partial charge in [0.2, 0.25) is 17.7 Å². The summed E-state index contributed by atoms with van der Waals surface area (Å²) in [6, 6.07) is 6.59. The van der Waals surface area contributed by atoms with Crippen LogP contribution >= 0.6 is 23.4 Å². The number of hydrogen-bond donors (Lipinski definition) is 4. The summed E-state index contributed by atoms with van der Waals surface area (Å²) < 4.78 is 0. The van der Waals surface area contributed by atoms with Crippen LogP contribution in [0, 0.1) is 0 Å². The monoisotopic (exact) mass is 368 g/mol. The maximum absolute atomic E-state index is 11.8. The van der Waals surface area contributed by atoms with E-state index in [2.05, 4.69) is 20.6 Å². The lowest BCUT2D eigenvalue weighted by Crippen LogP contribution is -2.19. The van der Waals surface area contributed by atoms with Gasteiger partial charge in [0.15, 0.2) is 10.8 Å². The van der Waals surface area contributed by atoms with E-state index in [1.807, 2.05) is 0 Å². The molecular formula is C14H13ClN4O4S. The molecule has 0 fully saturated rings. The second kappa shape index (κ2) is 7.84. The summed E-state index contributed by atoms with van der Waals surface area (Å²) in [5, 5.41) is 15.1. The summed E-state index contributed by atoms with van der Waals surface area (Å²) in [6.45, 7) is 1.20. The van der Waals surface area contributed by atoms with Crippen molar-refractivity contribution in [1.82, 2.24) is 9.97 Å². The topological polar surface area (TPSA) is 124 Å². The van der Waals surface area contributed by atoms with E-state index in [4.69, 9.17) is 11.6 Å². The fourth-order valence-corrected chi connectivity index (χ4v) is 2.44. The number of rotatable bonds is 5. The Labute approximate surface area is 145 Å². The molecule has 0 bridgehead atoms. The number of benzene rings is 1. The van der Waals surface area contributed by atoms with Crippen molar-refractivity contribution in [2.45, 2.75) is 12.1 Å². The number of aromatic hydroxyl groups is 1. The third kappa shape index (κ3) is 5.00. The molecule has 0 saturated carbocycles. The highest BCUT2D eigenvalue weighted by molar-refractivity contribution is 7.99. The van der Waals surface area contributed by atoms with Gasteiger partial charge in [0.1, 0.15) is 0 Å². The summed E-state index contributed by atoms with van der Waals surface area (Å²) in [5.41, 5.74) is -0.467. The van der Waals surface area contributed by atoms with Crippen molar-refractivity contribution in [3.63, 3.8) is 0 Å². The van der Waals surface area contributed by atoms with Gasteiger partial charge in [-0.1, -0.05) is 23.4 Å². The second-order valence-corrected chi connectivity index (χ2v) is 6.00. The fourth-order valence-electron chi connectivity index (χ4n) is 1.66. The molecule has 1 aromatic carbocycles. The molecule has 2 rings (SSSR count). The molecule has 4 N–H and O–H groups in total. The van der Waals surface area contributed by atoms with Crippen LogP contribution in [0.4, 0.5) is 11.4 Å². The predicted molar refractivity (Wildman–Crippen MR) is 91.6 cm³/mol. The molecule has 0 aliphatic rings. The number of amides is 2. The molecule has 24 heavy (non-hydrogen) atoms. The van der Waals surface area contributed by atoms with Crippen LogP contribution in [0.3, 0.4) is 0 Å². The number of hydrogen-bond acceptors (Lipinski definition) is 6. The van der Waals surface area contributed by atoms with E-state index in [1.165, 1.54) is 6.92 Å². The number of H-pyrrole nitrogens is 1. The molecule has 0 unspecified atom stereocenters. The Bertz CT molecular complexity index is 823. The second-order valence-electron chi connectivity index (χ2n) is 4.59. The van der Waals surface area contributed by atoms with Crippen molar-refractivity contribution in [1.29, 1.82) is 0 Å². The van der Waals surface area contributed by atoms with Crippen LogP contribution < -0.4 is 16.2 Å². The highest BCUT2D eigenvalue weighted by Gasteiger charge is 2.13. The Morgan fingerprint density at radius 1 is 1.29 bits per heavy atom. The third-order valence-electron chi connectivity index (χ3n) is 2.65. The van der Waals surface area contributed by atoms with Gasteiger partial charge in [0.25, 0.3) is 5.56 Å². The van der Waals surface area contributed by atoms with Gasteiger partial charge < -0.3 is 15.7 Å². The zero-order valence-electron chi connectivity index (χ0n) is 12.4. The van der Waals surface area contributed by atoms with Crippen LogP contribution in [-0.2, 0) is 9.59 Å². The number of anilines is 2. The zero-order chi connectivity index (χ0) is 17.7. The normalized spacial score (nSPS) is 10.2. The van der Waals surface area contributed by atoms with Crippen LogP contribution in [0.2, 0.25) is 5.02 Å². The lowest BCUT2D eigenvalue weighted by molar-refractivity contribution is -0.114. The Balaban J connectivity index is 1.98. The maximum atomic E-state index is 11.8. The SMILES string of the molecule is CC(=O)Nc1c(O)nc(SCC(=O)Nc2ccc(Cl)cc2)[nH]c1=O. The van der Waals surface area contributed by atoms with E-state index in [0.717, 1.165) is 11.8 Å². The first-order chi connectivity index (χ1) is 11.3. The minimum atomic E-state index is -0.710. The van der Waals surface area contributed by atoms with E-state index in [9.17, 15) is 19.5 Å². The van der Waals surface area contributed by atoms with Crippen molar-refractivity contribution in [2.24, 2.45) is 0 Å². The summed E-state index contributed by atoms with van der Waals surface area (Å²) in [7, 11) is 0. The van der Waals surface area contributed by atoms with Crippen molar-refractivity contribution < 1.29 is 14.7 Å². The molecule has 0 spiro atoms. The number of nitrogens with one attached hydrogen (secondary N) is 3. The molecule has 2 aromatic rings. The van der Waals surface area contributed by atoms with Gasteiger partial charge in [-0.25, -0.2) is 0 Å². The minimum Gasteiger partial charge on any atom is -0.492 e. The van der Waals surface area contributed by atoms with E-state index >= 15 is 0 Å². The molecule has 8 nitrogen and oxygen atoms in total. The maximum Gasteiger partial charge on any atom is 0.279 e. The molecule has 0 saturated heterocycles. The number of nitrogens with zero attached hydrogens (tertiary/aromatic N) is 1. The lowest BCUT2D eigenvalue weighted by Gasteiger charge is -2.07. The third-order valence-corrected chi connectivity index (χ3v) is 3.77. The van der Waals surface area contributed by atoms with Crippen LogP contribution in [-0.4, -0.2) is 32.6 Å². The van der Waals surface area contributed by atoms with Crippen molar-refractivity contribution in [3.8, 4) is 5.88 Å². The molecular weight excluding hydrogens is 356 g/mol. The smallest absolute Gasteiger partial charge is 0.279 e. The van der Waals surface area contributed by atoms with Gasteiger partial charge in [-0.3, -0.25) is 19.4 Å². The predicted octanol–water partition coefficient (Wildman–Crippen LogP) is 1.82. The molecule has 1 aromatic heterocycles. The first kappa shape index (κ1) is 17.8. The van der Waals surface area contributed by atoms with Crippen LogP contribution in [0.15, 0.2) is 34.2 Å². The van der Waals surface area contributed by atoms with Crippen molar-refractivity contribution in [2.75, 3.05) is 16.4 Å². The van der Waals surface area contributed by atoms with Crippen molar-refractivity contribution in [3.05, 3.63) is 39.6 Å². The average Bonchev–Trinajstić information content (AvgIpc) is 2.51. The fraction of sp³-hybridized carbons (Fsp3) is 0.143. The quantitative estimate of drug-likeness (QED) is 0.471. The molecule has 1 heterocycles. The number of aromatic amines is 1. The lowest BCUT2D eigenvalue weighted by atomic mass is 10.3. The molecule has 2 amide bonds.